The van der Waals surface area contributed by atoms with Crippen LogP contribution in [0.3, 0.4) is 0 Å². The summed E-state index contributed by atoms with van der Waals surface area (Å²) in [4.78, 5) is -0.686. The van der Waals surface area contributed by atoms with Gasteiger partial charge < -0.3 is 5.32 Å². The number of H-pyrrole nitrogens is 1. The molecule has 2 aromatic carbocycles. The van der Waals surface area contributed by atoms with E-state index in [-0.39, 0.29) is 27.5 Å². The minimum atomic E-state index is -4.60. The van der Waals surface area contributed by atoms with Gasteiger partial charge in [-0.1, -0.05) is 30.4 Å². The lowest BCUT2D eigenvalue weighted by Gasteiger charge is -2.07. The number of aromatic nitrogens is 4. The van der Waals surface area contributed by atoms with Crippen LogP contribution in [0.4, 0.5) is 5.69 Å². The average Bonchev–Trinajstić information content (AvgIpc) is 3.27. The third-order valence-electron chi connectivity index (χ3n) is 4.01. The van der Waals surface area contributed by atoms with Crippen LogP contribution in [0.2, 0.25) is 0 Å². The Morgan fingerprint density at radius 1 is 1.03 bits per heavy atom. The van der Waals surface area contributed by atoms with Crippen LogP contribution in [0.5, 0.6) is 0 Å². The van der Waals surface area contributed by atoms with Gasteiger partial charge in [-0.05, 0) is 40.6 Å². The first-order chi connectivity index (χ1) is 15.1. The van der Waals surface area contributed by atoms with Gasteiger partial charge in [-0.25, -0.2) is 0 Å². The van der Waals surface area contributed by atoms with Crippen molar-refractivity contribution < 1.29 is 25.9 Å². The van der Waals surface area contributed by atoms with Crippen LogP contribution in [0.25, 0.3) is 17.7 Å². The topological polar surface area (TPSA) is 199 Å². The third kappa shape index (κ3) is 5.62. The molecule has 1 heterocycles. The summed E-state index contributed by atoms with van der Waals surface area (Å²) in [5.74, 6) is 0.0366. The van der Waals surface area contributed by atoms with Crippen molar-refractivity contribution in [1.29, 1.82) is 5.26 Å². The standard InChI is InChI=1S/C18H14N6O6S2/c19-10-14(18-21-23-24-22-18)11-20-15-6-5-13(17(9-15)32(28,29)30)4-1-12-2-7-16(8-3-12)31(25,26)27/h1-9,11,20H,(H,25,26,27)(H,28,29,30)(H,21,22,23,24). The van der Waals surface area contributed by atoms with Gasteiger partial charge in [0, 0.05) is 11.9 Å². The number of allylic oxidation sites excluding steroid dienone is 1. The molecule has 3 aromatic rings. The normalized spacial score (nSPS) is 12.6. The maximum Gasteiger partial charge on any atom is 0.295 e. The molecule has 3 rings (SSSR count). The molecule has 0 atom stereocenters. The van der Waals surface area contributed by atoms with Gasteiger partial charge in [0.1, 0.15) is 16.5 Å². The molecule has 0 radical (unpaired) electrons. The lowest BCUT2D eigenvalue weighted by molar-refractivity contribution is 0.481. The largest absolute Gasteiger partial charge is 0.360 e. The van der Waals surface area contributed by atoms with E-state index < -0.39 is 25.1 Å². The molecule has 0 saturated heterocycles. The smallest absolute Gasteiger partial charge is 0.295 e. The van der Waals surface area contributed by atoms with E-state index in [0.29, 0.717) is 5.56 Å². The lowest BCUT2D eigenvalue weighted by atomic mass is 10.1. The van der Waals surface area contributed by atoms with E-state index >= 15 is 0 Å². The fourth-order valence-corrected chi connectivity index (χ4v) is 3.69. The summed E-state index contributed by atoms with van der Waals surface area (Å²) < 4.78 is 64.5. The van der Waals surface area contributed by atoms with Crippen LogP contribution in [0.1, 0.15) is 17.0 Å². The molecule has 0 spiro atoms. The average molecular weight is 474 g/mol. The second-order valence-electron chi connectivity index (χ2n) is 6.15. The van der Waals surface area contributed by atoms with Crippen LogP contribution < -0.4 is 5.32 Å². The number of anilines is 1. The number of hydrogen-bond acceptors (Lipinski definition) is 9. The molecule has 1 aromatic heterocycles. The maximum absolute atomic E-state index is 11.9. The molecule has 0 aliphatic rings. The molecule has 164 valence electrons. The predicted octanol–water partition coefficient (Wildman–Crippen LogP) is 1.84. The van der Waals surface area contributed by atoms with Crippen LogP contribution >= 0.6 is 0 Å². The highest BCUT2D eigenvalue weighted by Crippen LogP contribution is 2.24. The molecular formula is C18H14N6O6S2. The first-order valence-corrected chi connectivity index (χ1v) is 11.4. The first-order valence-electron chi connectivity index (χ1n) is 8.56. The molecule has 12 nitrogen and oxygen atoms in total. The zero-order chi connectivity index (χ0) is 23.4. The molecule has 0 bridgehead atoms. The van der Waals surface area contributed by atoms with Gasteiger partial charge in [0.2, 0.25) is 5.82 Å². The molecule has 0 fully saturated rings. The fraction of sp³-hybridized carbons (Fsp3) is 0. The van der Waals surface area contributed by atoms with Crippen molar-refractivity contribution in [2.75, 3.05) is 5.32 Å². The predicted molar refractivity (Wildman–Crippen MR) is 113 cm³/mol. The van der Waals surface area contributed by atoms with Crippen molar-refractivity contribution in [3.8, 4) is 6.07 Å². The minimum absolute atomic E-state index is 0.0319. The van der Waals surface area contributed by atoms with Crippen LogP contribution in [0.15, 0.2) is 58.5 Å². The maximum atomic E-state index is 11.9. The summed E-state index contributed by atoms with van der Waals surface area (Å²) in [6.45, 7) is 0. The Morgan fingerprint density at radius 2 is 1.75 bits per heavy atom. The Bertz CT molecular complexity index is 1440. The van der Waals surface area contributed by atoms with Crippen LogP contribution in [-0.2, 0) is 20.2 Å². The number of rotatable bonds is 7. The van der Waals surface area contributed by atoms with Gasteiger partial charge in [0.15, 0.2) is 0 Å². The molecule has 32 heavy (non-hydrogen) atoms. The number of tetrazole rings is 1. The van der Waals surface area contributed by atoms with Crippen molar-refractivity contribution >= 4 is 43.6 Å². The van der Waals surface area contributed by atoms with Gasteiger partial charge >= 0.3 is 0 Å². The fourth-order valence-electron chi connectivity index (χ4n) is 2.50. The van der Waals surface area contributed by atoms with E-state index in [1.165, 1.54) is 54.8 Å². The molecule has 0 saturated carbocycles. The first kappa shape index (κ1) is 22.8. The highest BCUT2D eigenvalue weighted by atomic mass is 32.2. The Kier molecular flexibility index (Phi) is 6.46. The van der Waals surface area contributed by atoms with Crippen molar-refractivity contribution in [1.82, 2.24) is 20.6 Å². The second-order valence-corrected chi connectivity index (χ2v) is 8.97. The van der Waals surface area contributed by atoms with Gasteiger partial charge in [0.05, 0.1) is 4.90 Å². The second kappa shape index (κ2) is 9.08. The molecule has 0 unspecified atom stereocenters. The van der Waals surface area contributed by atoms with Gasteiger partial charge in [-0.2, -0.15) is 27.3 Å². The number of hydrogen-bond donors (Lipinski definition) is 4. The molecule has 0 amide bonds. The quantitative estimate of drug-likeness (QED) is 0.221. The van der Waals surface area contributed by atoms with Gasteiger partial charge in [0.25, 0.3) is 20.2 Å². The van der Waals surface area contributed by atoms with E-state index in [9.17, 15) is 26.7 Å². The molecular weight excluding hydrogens is 460 g/mol. The van der Waals surface area contributed by atoms with Crippen molar-refractivity contribution in [3.05, 3.63) is 65.6 Å². The van der Waals surface area contributed by atoms with Crippen molar-refractivity contribution in [2.45, 2.75) is 9.79 Å². The van der Waals surface area contributed by atoms with Crippen molar-refractivity contribution in [3.63, 3.8) is 0 Å². The van der Waals surface area contributed by atoms with E-state index in [4.69, 9.17) is 4.55 Å². The summed E-state index contributed by atoms with van der Waals surface area (Å²) in [5, 5.41) is 24.8. The summed E-state index contributed by atoms with van der Waals surface area (Å²) in [6.07, 6.45) is 4.15. The Labute approximate surface area is 182 Å². The summed E-state index contributed by atoms with van der Waals surface area (Å²) in [7, 11) is -8.93. The molecule has 0 aliphatic heterocycles. The number of nitrogens with one attached hydrogen (secondary N) is 2. The third-order valence-corrected chi connectivity index (χ3v) is 5.79. The van der Waals surface area contributed by atoms with Crippen LogP contribution in [0, 0.1) is 11.3 Å². The van der Waals surface area contributed by atoms with Gasteiger partial charge in [-0.3, -0.25) is 9.11 Å². The van der Waals surface area contributed by atoms with E-state index in [2.05, 4.69) is 25.9 Å². The Morgan fingerprint density at radius 3 is 2.31 bits per heavy atom. The van der Waals surface area contributed by atoms with E-state index in [1.807, 2.05) is 6.07 Å². The molecule has 0 aliphatic carbocycles. The number of nitriles is 1. The number of benzene rings is 2. The number of aromatic amines is 1. The SMILES string of the molecule is N#CC(=CNc1ccc(C=Cc2ccc(S(=O)(=O)O)cc2)c(S(=O)(=O)O)c1)c1nn[nH]n1. The van der Waals surface area contributed by atoms with Crippen LogP contribution in [-0.4, -0.2) is 46.6 Å². The van der Waals surface area contributed by atoms with Gasteiger partial charge in [-0.15, -0.1) is 10.2 Å². The zero-order valence-corrected chi connectivity index (χ0v) is 17.5. The summed E-state index contributed by atoms with van der Waals surface area (Å²) in [6, 6.07) is 11.2. The highest BCUT2D eigenvalue weighted by Gasteiger charge is 2.15. The lowest BCUT2D eigenvalue weighted by Crippen LogP contribution is -2.02. The van der Waals surface area contributed by atoms with Crippen molar-refractivity contribution in [2.24, 2.45) is 0 Å². The van der Waals surface area contributed by atoms with E-state index in [0.717, 1.165) is 6.07 Å². The molecule has 14 heteroatoms. The summed E-state index contributed by atoms with van der Waals surface area (Å²) in [5.41, 5.74) is 0.954. The highest BCUT2D eigenvalue weighted by molar-refractivity contribution is 7.86. The Balaban J connectivity index is 1.89. The number of nitrogens with zero attached hydrogens (tertiary/aromatic N) is 4. The summed E-state index contributed by atoms with van der Waals surface area (Å²) >= 11 is 0. The van der Waals surface area contributed by atoms with E-state index in [1.54, 1.807) is 0 Å². The minimum Gasteiger partial charge on any atom is -0.360 e. The monoisotopic (exact) mass is 474 g/mol. The molecule has 4 N–H and O–H groups in total. The Hall–Kier alpha value is -3.90. The zero-order valence-electron chi connectivity index (χ0n) is 15.9.